The minimum absolute atomic E-state index is 0.191. The molecule has 5 nitrogen and oxygen atoms in total. The maximum Gasteiger partial charge on any atom is 0.158 e. The Kier molecular flexibility index (Phi) is 6.37. The third-order valence-corrected chi connectivity index (χ3v) is 3.70. The number of nitrogens with two attached hydrogens (primary N) is 1. The first-order valence-corrected chi connectivity index (χ1v) is 6.23. The molecule has 0 aromatic carbocycles. The topological polar surface area (TPSA) is 57.0 Å². The van der Waals surface area contributed by atoms with E-state index in [-0.39, 0.29) is 18.4 Å². The fraction of sp³-hybridized carbons (Fsp3) is 1.00. The van der Waals surface area contributed by atoms with Gasteiger partial charge in [-0.1, -0.05) is 0 Å². The molecule has 1 saturated heterocycles. The van der Waals surface area contributed by atoms with Gasteiger partial charge in [0, 0.05) is 45.9 Å². The number of methoxy groups -OCH3 is 2. The monoisotopic (exact) mass is 246 g/mol. The number of rotatable bonds is 7. The van der Waals surface area contributed by atoms with Gasteiger partial charge in [-0.25, -0.2) is 0 Å². The average Bonchev–Trinajstić information content (AvgIpc) is 2.76. The SMILES string of the molecule is COC(CC(CN)N(C)C1CCOC1C)OC. The standard InChI is InChI=1S/C12H26N2O3/c1-9-11(5-6-17-9)14(2)10(8-13)7-12(15-3)16-4/h9-12H,5-8,13H2,1-4H3. The molecular weight excluding hydrogens is 220 g/mol. The average molecular weight is 246 g/mol. The van der Waals surface area contributed by atoms with Crippen LogP contribution >= 0.6 is 0 Å². The first kappa shape index (κ1) is 14.9. The molecule has 0 saturated carbocycles. The van der Waals surface area contributed by atoms with Crippen LogP contribution in [0.4, 0.5) is 0 Å². The Hall–Kier alpha value is -0.200. The van der Waals surface area contributed by atoms with Crippen LogP contribution in [0.5, 0.6) is 0 Å². The van der Waals surface area contributed by atoms with Crippen molar-refractivity contribution < 1.29 is 14.2 Å². The second-order valence-electron chi connectivity index (χ2n) is 4.62. The Labute approximate surface area is 104 Å². The molecule has 3 atom stereocenters. The summed E-state index contributed by atoms with van der Waals surface area (Å²) in [5, 5.41) is 0. The van der Waals surface area contributed by atoms with Gasteiger partial charge < -0.3 is 19.9 Å². The molecular formula is C12H26N2O3. The summed E-state index contributed by atoms with van der Waals surface area (Å²) >= 11 is 0. The highest BCUT2D eigenvalue weighted by molar-refractivity contribution is 4.85. The first-order chi connectivity index (χ1) is 8.13. The maximum absolute atomic E-state index is 5.85. The number of nitrogens with zero attached hydrogens (tertiary/aromatic N) is 1. The van der Waals surface area contributed by atoms with Crippen molar-refractivity contribution in [3.05, 3.63) is 0 Å². The summed E-state index contributed by atoms with van der Waals surface area (Å²) in [6, 6.07) is 0.701. The fourth-order valence-electron chi connectivity index (χ4n) is 2.47. The van der Waals surface area contributed by atoms with E-state index in [4.69, 9.17) is 19.9 Å². The Bertz CT molecular complexity index is 212. The Balaban J connectivity index is 2.53. The molecule has 0 amide bonds. The lowest BCUT2D eigenvalue weighted by Crippen LogP contribution is -2.48. The zero-order valence-corrected chi connectivity index (χ0v) is 11.4. The first-order valence-electron chi connectivity index (χ1n) is 6.23. The van der Waals surface area contributed by atoms with Gasteiger partial charge in [-0.05, 0) is 20.4 Å². The van der Waals surface area contributed by atoms with Gasteiger partial charge in [0.15, 0.2) is 6.29 Å². The van der Waals surface area contributed by atoms with E-state index < -0.39 is 0 Å². The summed E-state index contributed by atoms with van der Waals surface area (Å²) in [4.78, 5) is 2.31. The normalized spacial score (nSPS) is 27.0. The van der Waals surface area contributed by atoms with Crippen LogP contribution in [0.3, 0.4) is 0 Å². The van der Waals surface area contributed by atoms with Crippen molar-refractivity contribution in [2.24, 2.45) is 5.73 Å². The summed E-state index contributed by atoms with van der Waals surface area (Å²) in [5.74, 6) is 0. The van der Waals surface area contributed by atoms with E-state index in [0.717, 1.165) is 19.4 Å². The van der Waals surface area contributed by atoms with Gasteiger partial charge >= 0.3 is 0 Å². The van der Waals surface area contributed by atoms with Gasteiger partial charge in [-0.3, -0.25) is 4.90 Å². The van der Waals surface area contributed by atoms with Crippen molar-refractivity contribution >= 4 is 0 Å². The van der Waals surface area contributed by atoms with Crippen LogP contribution in [0.2, 0.25) is 0 Å². The molecule has 102 valence electrons. The molecule has 0 radical (unpaired) electrons. The summed E-state index contributed by atoms with van der Waals surface area (Å²) < 4.78 is 16.1. The molecule has 0 aliphatic carbocycles. The third-order valence-electron chi connectivity index (χ3n) is 3.70. The van der Waals surface area contributed by atoms with Crippen molar-refractivity contribution in [1.29, 1.82) is 0 Å². The Morgan fingerprint density at radius 2 is 2.06 bits per heavy atom. The van der Waals surface area contributed by atoms with Gasteiger partial charge in [-0.2, -0.15) is 0 Å². The zero-order valence-electron chi connectivity index (χ0n) is 11.4. The smallest absolute Gasteiger partial charge is 0.158 e. The molecule has 0 aromatic rings. The van der Waals surface area contributed by atoms with Crippen LogP contribution in [0, 0.1) is 0 Å². The Morgan fingerprint density at radius 1 is 1.41 bits per heavy atom. The van der Waals surface area contributed by atoms with E-state index in [9.17, 15) is 0 Å². The minimum Gasteiger partial charge on any atom is -0.377 e. The number of ether oxygens (including phenoxy) is 3. The van der Waals surface area contributed by atoms with Crippen molar-refractivity contribution in [3.63, 3.8) is 0 Å². The van der Waals surface area contributed by atoms with E-state index in [0.29, 0.717) is 12.6 Å². The van der Waals surface area contributed by atoms with Gasteiger partial charge in [0.1, 0.15) is 0 Å². The van der Waals surface area contributed by atoms with Crippen LogP contribution in [-0.2, 0) is 14.2 Å². The molecule has 1 fully saturated rings. The van der Waals surface area contributed by atoms with Crippen LogP contribution in [-0.4, -0.2) is 63.8 Å². The lowest BCUT2D eigenvalue weighted by molar-refractivity contribution is -0.118. The summed E-state index contributed by atoms with van der Waals surface area (Å²) in [7, 11) is 5.42. The highest BCUT2D eigenvalue weighted by Crippen LogP contribution is 2.21. The molecule has 5 heteroatoms. The molecule has 1 aliphatic rings. The van der Waals surface area contributed by atoms with Crippen LogP contribution in [0.25, 0.3) is 0 Å². The Morgan fingerprint density at radius 3 is 2.47 bits per heavy atom. The molecule has 0 bridgehead atoms. The van der Waals surface area contributed by atoms with Gasteiger partial charge in [0.25, 0.3) is 0 Å². The lowest BCUT2D eigenvalue weighted by Gasteiger charge is -2.35. The third kappa shape index (κ3) is 3.89. The maximum atomic E-state index is 5.85. The van der Waals surface area contributed by atoms with Gasteiger partial charge in [0.05, 0.1) is 6.10 Å². The van der Waals surface area contributed by atoms with Crippen LogP contribution in [0.15, 0.2) is 0 Å². The number of likely N-dealkylation sites (N-methyl/N-ethyl adjacent to an activating group) is 1. The second kappa shape index (κ2) is 7.28. The molecule has 0 aromatic heterocycles. The van der Waals surface area contributed by atoms with E-state index in [1.54, 1.807) is 14.2 Å². The molecule has 3 unspecified atom stereocenters. The quantitative estimate of drug-likeness (QED) is 0.660. The van der Waals surface area contributed by atoms with Crippen molar-refractivity contribution in [1.82, 2.24) is 4.90 Å². The van der Waals surface area contributed by atoms with Crippen LogP contribution < -0.4 is 5.73 Å². The summed E-state index contributed by atoms with van der Waals surface area (Å²) in [5.41, 5.74) is 5.85. The summed E-state index contributed by atoms with van der Waals surface area (Å²) in [6.07, 6.45) is 1.93. The van der Waals surface area contributed by atoms with Crippen LogP contribution in [0.1, 0.15) is 19.8 Å². The summed E-state index contributed by atoms with van der Waals surface area (Å²) in [6.45, 7) is 3.56. The largest absolute Gasteiger partial charge is 0.377 e. The van der Waals surface area contributed by atoms with Gasteiger partial charge in [-0.15, -0.1) is 0 Å². The highest BCUT2D eigenvalue weighted by atomic mass is 16.7. The molecule has 1 heterocycles. The van der Waals surface area contributed by atoms with E-state index in [2.05, 4.69) is 18.9 Å². The molecule has 2 N–H and O–H groups in total. The van der Waals surface area contributed by atoms with Crippen molar-refractivity contribution in [2.45, 2.75) is 44.2 Å². The van der Waals surface area contributed by atoms with E-state index in [1.165, 1.54) is 0 Å². The fourth-order valence-corrected chi connectivity index (χ4v) is 2.47. The highest BCUT2D eigenvalue weighted by Gasteiger charge is 2.32. The number of hydrogen-bond acceptors (Lipinski definition) is 5. The van der Waals surface area contributed by atoms with Crippen molar-refractivity contribution in [2.75, 3.05) is 34.4 Å². The van der Waals surface area contributed by atoms with Crippen molar-refractivity contribution in [3.8, 4) is 0 Å². The molecule has 0 spiro atoms. The lowest BCUT2D eigenvalue weighted by atomic mass is 10.1. The van der Waals surface area contributed by atoms with E-state index in [1.807, 2.05) is 0 Å². The molecule has 1 aliphatic heterocycles. The minimum atomic E-state index is -0.191. The molecule has 1 rings (SSSR count). The van der Waals surface area contributed by atoms with E-state index >= 15 is 0 Å². The predicted molar refractivity (Wildman–Crippen MR) is 66.8 cm³/mol. The molecule has 17 heavy (non-hydrogen) atoms. The second-order valence-corrected chi connectivity index (χ2v) is 4.62. The number of hydrogen-bond donors (Lipinski definition) is 1. The predicted octanol–water partition coefficient (Wildman–Crippen LogP) is 0.432. The zero-order chi connectivity index (χ0) is 12.8. The van der Waals surface area contributed by atoms with Gasteiger partial charge in [0.2, 0.25) is 0 Å².